The highest BCUT2D eigenvalue weighted by Crippen LogP contribution is 2.30. The zero-order valence-electron chi connectivity index (χ0n) is 11.1. The Hall–Kier alpha value is -2.76. The minimum atomic E-state index is -0.459. The normalized spacial score (nSPS) is 9.90. The number of nitro groups is 1. The summed E-state index contributed by atoms with van der Waals surface area (Å²) in [5.41, 5.74) is 0.576. The Morgan fingerprint density at radius 1 is 1.10 bits per heavy atom. The van der Waals surface area contributed by atoms with Crippen LogP contribution >= 0.6 is 0 Å². The van der Waals surface area contributed by atoms with Crippen LogP contribution in [0.3, 0.4) is 0 Å². The molecule has 0 unspecified atom stereocenters. The van der Waals surface area contributed by atoms with Gasteiger partial charge in [-0.15, -0.1) is 0 Å². The van der Waals surface area contributed by atoms with Crippen LogP contribution in [0.15, 0.2) is 42.5 Å². The lowest BCUT2D eigenvalue weighted by molar-refractivity contribution is -0.384. The largest absolute Gasteiger partial charge is 0.497 e. The molecule has 2 aromatic rings. The number of nitrogens with zero attached hydrogens (tertiary/aromatic N) is 1. The first-order valence-electron chi connectivity index (χ1n) is 5.91. The van der Waals surface area contributed by atoms with Crippen molar-refractivity contribution in [2.45, 2.75) is 0 Å². The van der Waals surface area contributed by atoms with Crippen molar-refractivity contribution in [1.29, 1.82) is 0 Å². The predicted molar refractivity (Wildman–Crippen MR) is 75.7 cm³/mol. The zero-order valence-corrected chi connectivity index (χ0v) is 11.1. The Balaban J connectivity index is 2.32. The van der Waals surface area contributed by atoms with Gasteiger partial charge in [0.1, 0.15) is 17.2 Å². The Morgan fingerprint density at radius 3 is 2.50 bits per heavy atom. The van der Waals surface area contributed by atoms with E-state index < -0.39 is 4.92 Å². The third kappa shape index (κ3) is 3.17. The number of rotatable bonds is 5. The minimum absolute atomic E-state index is 0.0326. The summed E-state index contributed by atoms with van der Waals surface area (Å²) in [5, 5.41) is 13.7. The van der Waals surface area contributed by atoms with E-state index in [1.165, 1.54) is 12.1 Å². The van der Waals surface area contributed by atoms with Crippen LogP contribution in [-0.4, -0.2) is 19.1 Å². The van der Waals surface area contributed by atoms with Gasteiger partial charge in [0, 0.05) is 30.9 Å². The summed E-state index contributed by atoms with van der Waals surface area (Å²) in [6, 6.07) is 11.5. The molecule has 0 aliphatic heterocycles. The molecule has 104 valence electrons. The first kappa shape index (κ1) is 13.7. The highest BCUT2D eigenvalue weighted by Gasteiger charge is 2.11. The number of nitro benzene ring substituents is 1. The summed E-state index contributed by atoms with van der Waals surface area (Å²) in [6.07, 6.45) is 0. The summed E-state index contributed by atoms with van der Waals surface area (Å²) < 4.78 is 10.7. The van der Waals surface area contributed by atoms with Gasteiger partial charge in [-0.3, -0.25) is 10.1 Å². The third-order valence-corrected chi connectivity index (χ3v) is 2.67. The van der Waals surface area contributed by atoms with E-state index in [0.717, 1.165) is 0 Å². The van der Waals surface area contributed by atoms with Crippen LogP contribution in [0.25, 0.3) is 0 Å². The molecule has 1 N–H and O–H groups in total. The number of non-ortho nitro benzene ring substituents is 1. The molecule has 2 aromatic carbocycles. The van der Waals surface area contributed by atoms with E-state index in [-0.39, 0.29) is 5.69 Å². The molecule has 0 amide bonds. The van der Waals surface area contributed by atoms with E-state index >= 15 is 0 Å². The number of anilines is 1. The molecule has 6 heteroatoms. The van der Waals surface area contributed by atoms with Gasteiger partial charge in [0.05, 0.1) is 18.1 Å². The Labute approximate surface area is 116 Å². The average molecular weight is 274 g/mol. The molecular weight excluding hydrogens is 260 g/mol. The van der Waals surface area contributed by atoms with Gasteiger partial charge in [-0.25, -0.2) is 0 Å². The van der Waals surface area contributed by atoms with Crippen molar-refractivity contribution in [3.05, 3.63) is 52.6 Å². The SMILES string of the molecule is CNc1cc(Oc2cccc(OC)c2)cc([N+](=O)[O-])c1. The van der Waals surface area contributed by atoms with Gasteiger partial charge in [-0.1, -0.05) is 6.07 Å². The van der Waals surface area contributed by atoms with Crippen molar-refractivity contribution in [3.8, 4) is 17.2 Å². The molecule has 0 radical (unpaired) electrons. The molecule has 0 atom stereocenters. The number of nitrogens with one attached hydrogen (secondary N) is 1. The van der Waals surface area contributed by atoms with E-state index in [1.807, 2.05) is 0 Å². The lowest BCUT2D eigenvalue weighted by Gasteiger charge is -2.09. The highest BCUT2D eigenvalue weighted by molar-refractivity contribution is 5.56. The number of hydrogen-bond acceptors (Lipinski definition) is 5. The maximum atomic E-state index is 10.9. The molecule has 2 rings (SSSR count). The van der Waals surface area contributed by atoms with Crippen molar-refractivity contribution in [2.75, 3.05) is 19.5 Å². The standard InChI is InChI=1S/C14H14N2O4/c1-15-10-6-11(16(17)18)8-14(7-10)20-13-5-3-4-12(9-13)19-2/h3-9,15H,1-2H3. The molecular formula is C14H14N2O4. The Morgan fingerprint density at radius 2 is 1.85 bits per heavy atom. The lowest BCUT2D eigenvalue weighted by Crippen LogP contribution is -1.94. The monoisotopic (exact) mass is 274 g/mol. The smallest absolute Gasteiger partial charge is 0.275 e. The summed E-state index contributed by atoms with van der Waals surface area (Å²) in [6.45, 7) is 0. The zero-order chi connectivity index (χ0) is 14.5. The highest BCUT2D eigenvalue weighted by atomic mass is 16.6. The van der Waals surface area contributed by atoms with Gasteiger partial charge < -0.3 is 14.8 Å². The molecule has 0 bridgehead atoms. The molecule has 0 fully saturated rings. The van der Waals surface area contributed by atoms with E-state index in [4.69, 9.17) is 9.47 Å². The maximum absolute atomic E-state index is 10.9. The van der Waals surface area contributed by atoms with Gasteiger partial charge in [0.2, 0.25) is 0 Å². The van der Waals surface area contributed by atoms with Crippen LogP contribution in [0.1, 0.15) is 0 Å². The summed E-state index contributed by atoms with van der Waals surface area (Å²) in [7, 11) is 3.25. The minimum Gasteiger partial charge on any atom is -0.497 e. The Bertz CT molecular complexity index is 628. The lowest BCUT2D eigenvalue weighted by atomic mass is 10.2. The molecule has 0 aromatic heterocycles. The topological polar surface area (TPSA) is 73.6 Å². The third-order valence-electron chi connectivity index (χ3n) is 2.67. The van der Waals surface area contributed by atoms with Crippen LogP contribution < -0.4 is 14.8 Å². The molecule has 0 heterocycles. The second-order valence-electron chi connectivity index (χ2n) is 4.00. The number of ether oxygens (including phenoxy) is 2. The van der Waals surface area contributed by atoms with Crippen molar-refractivity contribution < 1.29 is 14.4 Å². The van der Waals surface area contributed by atoms with Crippen molar-refractivity contribution in [2.24, 2.45) is 0 Å². The van der Waals surface area contributed by atoms with Crippen LogP contribution in [0.4, 0.5) is 11.4 Å². The average Bonchev–Trinajstić information content (AvgIpc) is 2.47. The maximum Gasteiger partial charge on any atom is 0.275 e. The molecule has 0 aliphatic rings. The van der Waals surface area contributed by atoms with E-state index in [0.29, 0.717) is 22.9 Å². The second kappa shape index (κ2) is 5.92. The van der Waals surface area contributed by atoms with E-state index in [2.05, 4.69) is 5.32 Å². The van der Waals surface area contributed by atoms with Crippen LogP contribution in [0.5, 0.6) is 17.2 Å². The molecule has 0 aliphatic carbocycles. The van der Waals surface area contributed by atoms with Crippen molar-refractivity contribution >= 4 is 11.4 Å². The van der Waals surface area contributed by atoms with Crippen molar-refractivity contribution in [1.82, 2.24) is 0 Å². The summed E-state index contributed by atoms with van der Waals surface area (Å²) in [4.78, 5) is 10.4. The van der Waals surface area contributed by atoms with Crippen LogP contribution in [-0.2, 0) is 0 Å². The number of benzene rings is 2. The van der Waals surface area contributed by atoms with Crippen molar-refractivity contribution in [3.63, 3.8) is 0 Å². The molecule has 0 spiro atoms. The number of methoxy groups -OCH3 is 1. The fourth-order valence-corrected chi connectivity index (χ4v) is 1.69. The fraction of sp³-hybridized carbons (Fsp3) is 0.143. The fourth-order valence-electron chi connectivity index (χ4n) is 1.69. The van der Waals surface area contributed by atoms with E-state index in [9.17, 15) is 10.1 Å². The van der Waals surface area contributed by atoms with Gasteiger partial charge in [-0.05, 0) is 12.1 Å². The first-order valence-corrected chi connectivity index (χ1v) is 5.91. The molecule has 0 saturated carbocycles. The van der Waals surface area contributed by atoms with E-state index in [1.54, 1.807) is 44.5 Å². The van der Waals surface area contributed by atoms with Crippen LogP contribution in [0.2, 0.25) is 0 Å². The van der Waals surface area contributed by atoms with Gasteiger partial charge in [0.25, 0.3) is 5.69 Å². The molecule has 0 saturated heterocycles. The molecule has 6 nitrogen and oxygen atoms in total. The van der Waals surface area contributed by atoms with Gasteiger partial charge >= 0.3 is 0 Å². The van der Waals surface area contributed by atoms with Gasteiger partial charge in [-0.2, -0.15) is 0 Å². The number of hydrogen-bond donors (Lipinski definition) is 1. The summed E-state index contributed by atoms with van der Waals surface area (Å²) in [5.74, 6) is 1.59. The Kier molecular flexibility index (Phi) is 4.05. The second-order valence-corrected chi connectivity index (χ2v) is 4.00. The molecule has 20 heavy (non-hydrogen) atoms. The van der Waals surface area contributed by atoms with Crippen LogP contribution in [0, 0.1) is 10.1 Å². The first-order chi connectivity index (χ1) is 9.62. The predicted octanol–water partition coefficient (Wildman–Crippen LogP) is 3.44. The quantitative estimate of drug-likeness (QED) is 0.667. The van der Waals surface area contributed by atoms with Gasteiger partial charge in [0.15, 0.2) is 0 Å². The summed E-state index contributed by atoms with van der Waals surface area (Å²) >= 11 is 0.